The Morgan fingerprint density at radius 3 is 2.42 bits per heavy atom. The number of carbonyl (C=O) groups is 2. The normalized spacial score (nSPS) is 15.3. The first-order valence-electron chi connectivity index (χ1n) is 6.22. The second-order valence-corrected chi connectivity index (χ2v) is 4.86. The fourth-order valence-electron chi connectivity index (χ4n) is 1.72. The number of hydrogen-bond acceptors (Lipinski definition) is 3. The lowest BCUT2D eigenvalue weighted by Gasteiger charge is -2.27. The van der Waals surface area contributed by atoms with E-state index >= 15 is 0 Å². The summed E-state index contributed by atoms with van der Waals surface area (Å²) >= 11 is 0. The molecule has 0 radical (unpaired) electrons. The van der Waals surface area contributed by atoms with E-state index in [0.717, 1.165) is 0 Å². The number of nitrogens with two attached hydrogens (primary N) is 1. The zero-order valence-corrected chi connectivity index (χ0v) is 11.2. The van der Waals surface area contributed by atoms with Crippen LogP contribution in [0, 0.1) is 0 Å². The van der Waals surface area contributed by atoms with Crippen LogP contribution in [0.1, 0.15) is 32.3 Å². The van der Waals surface area contributed by atoms with Crippen LogP contribution in [0.5, 0.6) is 0 Å². The van der Waals surface area contributed by atoms with Gasteiger partial charge in [-0.3, -0.25) is 4.79 Å². The van der Waals surface area contributed by atoms with E-state index < -0.39 is 11.5 Å². The predicted octanol–water partition coefficient (Wildman–Crippen LogP) is 1.23. The molecule has 0 aromatic heterocycles. The summed E-state index contributed by atoms with van der Waals surface area (Å²) in [7, 11) is 0. The van der Waals surface area contributed by atoms with Gasteiger partial charge in [-0.25, -0.2) is 4.79 Å². The average molecular weight is 264 g/mol. The number of carbonyl (C=O) groups excluding carboxylic acids is 1. The topological polar surface area (TPSA) is 92.4 Å². The van der Waals surface area contributed by atoms with E-state index in [1.165, 1.54) is 6.92 Å². The number of carboxylic acid groups (broad SMARTS) is 1. The molecule has 0 heterocycles. The molecular formula is C14H20N2O3. The average Bonchev–Trinajstić information content (AvgIpc) is 2.37. The van der Waals surface area contributed by atoms with Gasteiger partial charge in [0.15, 0.2) is 5.54 Å². The maximum atomic E-state index is 11.8. The van der Waals surface area contributed by atoms with Gasteiger partial charge in [-0.1, -0.05) is 30.3 Å². The first-order chi connectivity index (χ1) is 8.86. The van der Waals surface area contributed by atoms with Crippen molar-refractivity contribution in [1.29, 1.82) is 0 Å². The fourth-order valence-corrected chi connectivity index (χ4v) is 1.72. The Morgan fingerprint density at radius 2 is 1.95 bits per heavy atom. The van der Waals surface area contributed by atoms with Crippen molar-refractivity contribution < 1.29 is 14.7 Å². The van der Waals surface area contributed by atoms with Crippen LogP contribution in [0.2, 0.25) is 0 Å². The highest BCUT2D eigenvalue weighted by atomic mass is 16.4. The molecule has 104 valence electrons. The summed E-state index contributed by atoms with van der Waals surface area (Å²) in [6.07, 6.45) is 0.740. The molecule has 0 saturated heterocycles. The zero-order chi connectivity index (χ0) is 14.5. The second-order valence-electron chi connectivity index (χ2n) is 4.86. The van der Waals surface area contributed by atoms with Crippen molar-refractivity contribution in [3.05, 3.63) is 35.9 Å². The molecule has 0 spiro atoms. The molecule has 0 aliphatic carbocycles. The number of aliphatic carboxylic acids is 1. The van der Waals surface area contributed by atoms with Crippen LogP contribution < -0.4 is 11.1 Å². The van der Waals surface area contributed by atoms with E-state index in [1.54, 1.807) is 37.3 Å². The van der Waals surface area contributed by atoms with Crippen LogP contribution in [0.15, 0.2) is 30.3 Å². The largest absolute Gasteiger partial charge is 0.479 e. The van der Waals surface area contributed by atoms with Crippen molar-refractivity contribution in [3.8, 4) is 0 Å². The van der Waals surface area contributed by atoms with E-state index in [9.17, 15) is 14.7 Å². The monoisotopic (exact) mass is 264 g/mol. The molecule has 1 aromatic carbocycles. The summed E-state index contributed by atoms with van der Waals surface area (Å²) < 4.78 is 0. The lowest BCUT2D eigenvalue weighted by Crippen LogP contribution is -2.49. The Balaban J connectivity index is 2.84. The first-order valence-corrected chi connectivity index (χ1v) is 6.22. The molecule has 5 heteroatoms. The Labute approximate surface area is 112 Å². The molecule has 4 N–H and O–H groups in total. The standard InChI is InChI=1S/C14H20N2O3/c1-10(15)8-9-12(17)16-14(2,13(18)19)11-6-4-3-5-7-11/h3-7,10H,8-9,15H2,1-2H3,(H,16,17)(H,18,19). The van der Waals surface area contributed by atoms with E-state index in [-0.39, 0.29) is 18.4 Å². The summed E-state index contributed by atoms with van der Waals surface area (Å²) in [5.41, 5.74) is 4.70. The highest BCUT2D eigenvalue weighted by Crippen LogP contribution is 2.21. The van der Waals surface area contributed by atoms with Crippen LogP contribution >= 0.6 is 0 Å². The van der Waals surface area contributed by atoms with Crippen molar-refractivity contribution in [1.82, 2.24) is 5.32 Å². The maximum Gasteiger partial charge on any atom is 0.333 e. The molecule has 2 atom stereocenters. The molecule has 0 aliphatic rings. The van der Waals surface area contributed by atoms with Gasteiger partial charge in [0.05, 0.1) is 0 Å². The van der Waals surface area contributed by atoms with Crippen LogP contribution in [-0.4, -0.2) is 23.0 Å². The van der Waals surface area contributed by atoms with E-state index in [2.05, 4.69) is 5.32 Å². The van der Waals surface area contributed by atoms with E-state index in [4.69, 9.17) is 5.73 Å². The van der Waals surface area contributed by atoms with Gasteiger partial charge in [0.2, 0.25) is 5.91 Å². The third-order valence-corrected chi connectivity index (χ3v) is 3.00. The number of nitrogens with one attached hydrogen (secondary N) is 1. The quantitative estimate of drug-likeness (QED) is 0.720. The van der Waals surface area contributed by atoms with Crippen molar-refractivity contribution >= 4 is 11.9 Å². The highest BCUT2D eigenvalue weighted by Gasteiger charge is 2.36. The smallest absolute Gasteiger partial charge is 0.333 e. The molecule has 1 aromatic rings. The molecule has 0 bridgehead atoms. The number of benzene rings is 1. The maximum absolute atomic E-state index is 11.8. The Morgan fingerprint density at radius 1 is 1.37 bits per heavy atom. The van der Waals surface area contributed by atoms with Gasteiger partial charge >= 0.3 is 5.97 Å². The molecule has 5 nitrogen and oxygen atoms in total. The van der Waals surface area contributed by atoms with E-state index in [1.807, 2.05) is 0 Å². The Hall–Kier alpha value is -1.88. The minimum Gasteiger partial charge on any atom is -0.479 e. The molecule has 1 amide bonds. The summed E-state index contributed by atoms with van der Waals surface area (Å²) in [6.45, 7) is 3.29. The number of amides is 1. The predicted molar refractivity (Wildman–Crippen MR) is 72.5 cm³/mol. The summed E-state index contributed by atoms with van der Waals surface area (Å²) in [6, 6.07) is 8.55. The lowest BCUT2D eigenvalue weighted by molar-refractivity contribution is -0.147. The third kappa shape index (κ3) is 4.06. The molecular weight excluding hydrogens is 244 g/mol. The van der Waals surface area contributed by atoms with Crippen LogP contribution in [0.3, 0.4) is 0 Å². The summed E-state index contributed by atoms with van der Waals surface area (Å²) in [4.78, 5) is 23.3. The van der Waals surface area contributed by atoms with Gasteiger partial charge in [-0.05, 0) is 25.8 Å². The van der Waals surface area contributed by atoms with Crippen molar-refractivity contribution in [3.63, 3.8) is 0 Å². The van der Waals surface area contributed by atoms with E-state index in [0.29, 0.717) is 12.0 Å². The zero-order valence-electron chi connectivity index (χ0n) is 11.2. The second kappa shape index (κ2) is 6.33. The molecule has 0 fully saturated rings. The molecule has 0 aliphatic heterocycles. The van der Waals surface area contributed by atoms with Crippen molar-refractivity contribution in [2.24, 2.45) is 5.73 Å². The van der Waals surface area contributed by atoms with Crippen LogP contribution in [0.4, 0.5) is 0 Å². The number of hydrogen-bond donors (Lipinski definition) is 3. The van der Waals surface area contributed by atoms with Crippen LogP contribution in [-0.2, 0) is 15.1 Å². The van der Waals surface area contributed by atoms with Gasteiger partial charge in [-0.2, -0.15) is 0 Å². The molecule has 19 heavy (non-hydrogen) atoms. The fraction of sp³-hybridized carbons (Fsp3) is 0.429. The number of carboxylic acids is 1. The van der Waals surface area contributed by atoms with Gasteiger partial charge in [0.1, 0.15) is 0 Å². The molecule has 2 unspecified atom stereocenters. The van der Waals surface area contributed by atoms with Gasteiger partial charge < -0.3 is 16.2 Å². The first kappa shape index (κ1) is 15.2. The van der Waals surface area contributed by atoms with Crippen LogP contribution in [0.25, 0.3) is 0 Å². The van der Waals surface area contributed by atoms with Gasteiger partial charge in [-0.15, -0.1) is 0 Å². The lowest BCUT2D eigenvalue weighted by atomic mass is 9.92. The number of rotatable bonds is 6. The summed E-state index contributed by atoms with van der Waals surface area (Å²) in [5, 5.41) is 11.9. The van der Waals surface area contributed by atoms with Crippen molar-refractivity contribution in [2.45, 2.75) is 38.3 Å². The third-order valence-electron chi connectivity index (χ3n) is 3.00. The summed E-state index contributed by atoms with van der Waals surface area (Å²) in [5.74, 6) is -1.40. The Kier molecular flexibility index (Phi) is 5.06. The molecule has 1 rings (SSSR count). The van der Waals surface area contributed by atoms with Gasteiger partial charge in [0, 0.05) is 12.5 Å². The Bertz CT molecular complexity index is 445. The minimum atomic E-state index is -1.42. The molecule has 0 saturated carbocycles. The van der Waals surface area contributed by atoms with Gasteiger partial charge in [0.25, 0.3) is 0 Å². The minimum absolute atomic E-state index is 0.0847. The van der Waals surface area contributed by atoms with Crippen molar-refractivity contribution in [2.75, 3.05) is 0 Å². The highest BCUT2D eigenvalue weighted by molar-refractivity contribution is 5.87. The SMILES string of the molecule is CC(N)CCC(=O)NC(C)(C(=O)O)c1ccccc1.